The van der Waals surface area contributed by atoms with E-state index in [1.807, 2.05) is 54.6 Å². The Morgan fingerprint density at radius 1 is 0.900 bits per heavy atom. The molecule has 2 aliphatic rings. The van der Waals surface area contributed by atoms with Crippen LogP contribution in [-0.4, -0.2) is 55.7 Å². The molecule has 0 radical (unpaired) electrons. The third-order valence-electron chi connectivity index (χ3n) is 6.98. The van der Waals surface area contributed by atoms with Crippen LogP contribution < -0.4 is 9.47 Å². The van der Waals surface area contributed by atoms with Gasteiger partial charge in [0.05, 0.1) is 50.2 Å². The third kappa shape index (κ3) is 7.37. The molecule has 0 saturated carbocycles. The maximum Gasteiger partial charge on any atom is 0.337 e. The van der Waals surface area contributed by atoms with Crippen LogP contribution >= 0.6 is 27.5 Å². The number of hydrogen-bond acceptors (Lipinski definition) is 5. The predicted molar refractivity (Wildman–Crippen MR) is 159 cm³/mol. The van der Waals surface area contributed by atoms with E-state index in [1.165, 1.54) is 6.20 Å². The molecule has 2 N–H and O–H groups in total. The number of H-pyrrole nitrogens is 1. The molecule has 0 unspecified atom stereocenters. The molecule has 3 heterocycles. The van der Waals surface area contributed by atoms with Gasteiger partial charge in [0.25, 0.3) is 0 Å². The van der Waals surface area contributed by atoms with E-state index < -0.39 is 5.97 Å². The number of carboxylic acid groups (broad SMARTS) is 1. The van der Waals surface area contributed by atoms with Gasteiger partial charge in [-0.3, -0.25) is 0 Å². The van der Waals surface area contributed by atoms with Gasteiger partial charge in [0.2, 0.25) is 0 Å². The summed E-state index contributed by atoms with van der Waals surface area (Å²) in [5.41, 5.74) is 2.64. The van der Waals surface area contributed by atoms with Gasteiger partial charge in [-0.15, -0.1) is 0 Å². The number of aromatic amines is 1. The zero-order valence-corrected chi connectivity index (χ0v) is 24.2. The van der Waals surface area contributed by atoms with Crippen molar-refractivity contribution < 1.29 is 28.8 Å². The zero-order valence-electron chi connectivity index (χ0n) is 21.9. The first-order valence-corrected chi connectivity index (χ1v) is 14.4. The number of aromatic nitrogens is 1. The van der Waals surface area contributed by atoms with Crippen molar-refractivity contribution in [2.24, 2.45) is 11.8 Å². The predicted octanol–water partition coefficient (Wildman–Crippen LogP) is 7.47. The van der Waals surface area contributed by atoms with Gasteiger partial charge in [0, 0.05) is 39.0 Å². The molecule has 2 aliphatic heterocycles. The van der Waals surface area contributed by atoms with E-state index in [-0.39, 0.29) is 5.56 Å². The largest absolute Gasteiger partial charge is 0.494 e. The van der Waals surface area contributed by atoms with Crippen LogP contribution in [0.25, 0.3) is 22.0 Å². The minimum Gasteiger partial charge on any atom is -0.494 e. The number of rotatable bonds is 10. The van der Waals surface area contributed by atoms with Gasteiger partial charge in [0.1, 0.15) is 11.5 Å². The number of ether oxygens (including phenoxy) is 4. The highest BCUT2D eigenvalue weighted by molar-refractivity contribution is 9.10. The smallest absolute Gasteiger partial charge is 0.337 e. The molecule has 0 bridgehead atoms. The van der Waals surface area contributed by atoms with Crippen molar-refractivity contribution in [3.05, 3.63) is 81.9 Å². The molecule has 0 atom stereocenters. The van der Waals surface area contributed by atoms with Crippen molar-refractivity contribution in [2.75, 3.05) is 39.6 Å². The molecule has 1 aromatic heterocycles. The quantitative estimate of drug-likeness (QED) is 0.189. The second-order valence-corrected chi connectivity index (χ2v) is 11.3. The lowest BCUT2D eigenvalue weighted by Crippen LogP contribution is -2.28. The van der Waals surface area contributed by atoms with Crippen LogP contribution in [-0.2, 0) is 9.47 Å². The third-order valence-corrected chi connectivity index (χ3v) is 7.82. The molecule has 3 aromatic carbocycles. The summed E-state index contributed by atoms with van der Waals surface area (Å²) >= 11 is 9.78. The fourth-order valence-corrected chi connectivity index (χ4v) is 4.93. The van der Waals surface area contributed by atoms with Gasteiger partial charge in [-0.1, -0.05) is 39.7 Å². The van der Waals surface area contributed by atoms with Crippen LogP contribution in [0.5, 0.6) is 11.5 Å². The molecule has 6 rings (SSSR count). The number of halogens is 2. The van der Waals surface area contributed by atoms with Gasteiger partial charge in [-0.25, -0.2) is 4.79 Å². The highest BCUT2D eigenvalue weighted by Gasteiger charge is 2.19. The summed E-state index contributed by atoms with van der Waals surface area (Å²) in [4.78, 5) is 14.3. The van der Waals surface area contributed by atoms with Crippen LogP contribution in [0.2, 0.25) is 5.02 Å². The van der Waals surface area contributed by atoms with Crippen LogP contribution in [0.1, 0.15) is 23.2 Å². The lowest BCUT2D eigenvalue weighted by atomic mass is 10.0. The summed E-state index contributed by atoms with van der Waals surface area (Å²) < 4.78 is 22.7. The van der Waals surface area contributed by atoms with Gasteiger partial charge >= 0.3 is 5.97 Å². The van der Waals surface area contributed by atoms with Crippen LogP contribution in [0.3, 0.4) is 0 Å². The van der Waals surface area contributed by atoms with E-state index in [0.717, 1.165) is 73.0 Å². The van der Waals surface area contributed by atoms with Crippen molar-refractivity contribution in [2.45, 2.75) is 12.8 Å². The molecule has 210 valence electrons. The molecule has 0 amide bonds. The molecule has 0 aliphatic carbocycles. The molecule has 2 fully saturated rings. The van der Waals surface area contributed by atoms with Gasteiger partial charge in [0.15, 0.2) is 0 Å². The average Bonchev–Trinajstić information content (AvgIpc) is 3.31. The fraction of sp³-hybridized carbons (Fsp3) is 0.323. The lowest BCUT2D eigenvalue weighted by Gasteiger charge is -2.25. The molecule has 0 spiro atoms. The number of nitrogens with one attached hydrogen (secondary N) is 1. The van der Waals surface area contributed by atoms with Crippen molar-refractivity contribution in [1.29, 1.82) is 0 Å². The molecular weight excluding hydrogens is 598 g/mol. The Morgan fingerprint density at radius 2 is 1.45 bits per heavy atom. The number of carboxylic acids is 1. The Balaban J connectivity index is 0.000000194. The fourth-order valence-electron chi connectivity index (χ4n) is 4.39. The number of aromatic carboxylic acids is 1. The summed E-state index contributed by atoms with van der Waals surface area (Å²) in [6.45, 7) is 4.94. The topological polar surface area (TPSA) is 90.0 Å². The summed E-state index contributed by atoms with van der Waals surface area (Å²) in [5, 5.41) is 10.5. The Labute approximate surface area is 246 Å². The average molecular weight is 629 g/mol. The standard InChI is InChI=1S/C20H18ClNO4.C11H13BrO2/c21-18-8-19-16(17(9-22-19)20(23)24)7-15(18)13-1-3-14(4-2-13)26-6-5-12-10-25-11-12;12-10-1-3-11(4-2-10)14-6-5-9-7-13-8-9/h1-4,7-9,12,22H,5-6,10-11H2,(H,23,24);1-4,9H,5-8H2. The van der Waals surface area contributed by atoms with Crippen molar-refractivity contribution in [3.8, 4) is 22.6 Å². The van der Waals surface area contributed by atoms with E-state index in [1.54, 1.807) is 6.07 Å². The second kappa shape index (κ2) is 13.5. The Morgan fingerprint density at radius 3 is 1.95 bits per heavy atom. The maximum atomic E-state index is 11.4. The van der Waals surface area contributed by atoms with Gasteiger partial charge in [-0.05, 0) is 66.9 Å². The molecular formula is C31H31BrClNO6. The monoisotopic (exact) mass is 627 g/mol. The lowest BCUT2D eigenvalue weighted by molar-refractivity contribution is -0.0401. The first-order chi connectivity index (χ1) is 19.5. The first kappa shape index (κ1) is 28.5. The summed E-state index contributed by atoms with van der Waals surface area (Å²) in [6, 6.07) is 19.2. The number of carbonyl (C=O) groups is 1. The van der Waals surface area contributed by atoms with Gasteiger partial charge in [-0.2, -0.15) is 0 Å². The van der Waals surface area contributed by atoms with Crippen molar-refractivity contribution in [1.82, 2.24) is 4.98 Å². The number of fused-ring (bicyclic) bond motifs is 1. The van der Waals surface area contributed by atoms with Crippen LogP contribution in [0.15, 0.2) is 71.3 Å². The van der Waals surface area contributed by atoms with Crippen molar-refractivity contribution >= 4 is 44.4 Å². The van der Waals surface area contributed by atoms with E-state index in [0.29, 0.717) is 34.4 Å². The summed E-state index contributed by atoms with van der Waals surface area (Å²) in [6.07, 6.45) is 3.57. The molecule has 4 aromatic rings. The normalized spacial score (nSPS) is 15.1. The summed E-state index contributed by atoms with van der Waals surface area (Å²) in [5.74, 6) is 2.10. The maximum absolute atomic E-state index is 11.4. The molecule has 7 nitrogen and oxygen atoms in total. The van der Waals surface area contributed by atoms with E-state index in [2.05, 4.69) is 20.9 Å². The van der Waals surface area contributed by atoms with E-state index >= 15 is 0 Å². The Kier molecular flexibility index (Phi) is 9.65. The first-order valence-electron chi connectivity index (χ1n) is 13.3. The molecule has 40 heavy (non-hydrogen) atoms. The highest BCUT2D eigenvalue weighted by atomic mass is 79.9. The van der Waals surface area contributed by atoms with E-state index in [9.17, 15) is 9.90 Å². The second-order valence-electron chi connectivity index (χ2n) is 9.94. The van der Waals surface area contributed by atoms with Crippen LogP contribution in [0, 0.1) is 11.8 Å². The number of benzene rings is 3. The number of hydrogen-bond donors (Lipinski definition) is 2. The van der Waals surface area contributed by atoms with Crippen LogP contribution in [0.4, 0.5) is 0 Å². The van der Waals surface area contributed by atoms with E-state index in [4.69, 9.17) is 30.5 Å². The molecule has 2 saturated heterocycles. The zero-order chi connectivity index (χ0) is 27.9. The highest BCUT2D eigenvalue weighted by Crippen LogP contribution is 2.34. The van der Waals surface area contributed by atoms with Crippen molar-refractivity contribution in [3.63, 3.8) is 0 Å². The minimum atomic E-state index is -0.967. The molecule has 9 heteroatoms. The Bertz CT molecular complexity index is 1410. The Hall–Kier alpha value is -3.04. The minimum absolute atomic E-state index is 0.234. The summed E-state index contributed by atoms with van der Waals surface area (Å²) in [7, 11) is 0. The van der Waals surface area contributed by atoms with Gasteiger partial charge < -0.3 is 29.0 Å². The SMILES string of the molecule is Brc1ccc(OCCC2COC2)cc1.O=C(O)c1c[nH]c2cc(Cl)c(-c3ccc(OCCC4COC4)cc3)cc12.